The number of rotatable bonds is 8. The van der Waals surface area contributed by atoms with Crippen LogP contribution in [0.4, 0.5) is 0 Å². The first-order chi connectivity index (χ1) is 19.4. The van der Waals surface area contributed by atoms with Crippen LogP contribution >= 0.6 is 0 Å². The molecule has 3 heteroatoms. The number of hydrogen-bond acceptors (Lipinski definition) is 3. The summed E-state index contributed by atoms with van der Waals surface area (Å²) in [7, 11) is 0. The fourth-order valence-corrected chi connectivity index (χ4v) is 3.16. The largest absolute Gasteiger partial charge is 0.399 e. The van der Waals surface area contributed by atoms with E-state index in [1.54, 1.807) is 6.08 Å². The monoisotopic (exact) mass is 551 g/mol. The van der Waals surface area contributed by atoms with E-state index in [0.29, 0.717) is 5.57 Å². The lowest BCUT2D eigenvalue weighted by molar-refractivity contribution is 0.957. The summed E-state index contributed by atoms with van der Waals surface area (Å²) in [6, 6.07) is 10.4. The summed E-state index contributed by atoms with van der Waals surface area (Å²) in [6.45, 7) is 30.9. The summed E-state index contributed by atoms with van der Waals surface area (Å²) in [6.07, 6.45) is 18.8. The maximum Gasteiger partial charge on any atom is 0.0994 e. The van der Waals surface area contributed by atoms with Gasteiger partial charge in [0.2, 0.25) is 0 Å². The van der Waals surface area contributed by atoms with Gasteiger partial charge in [-0.25, -0.2) is 0 Å². The van der Waals surface area contributed by atoms with Crippen molar-refractivity contribution in [3.63, 3.8) is 0 Å². The Labute approximate surface area is 252 Å². The van der Waals surface area contributed by atoms with Crippen molar-refractivity contribution in [3.05, 3.63) is 150 Å². The topological polar surface area (TPSA) is 61.8 Å². The third kappa shape index (κ3) is 19.4. The molecule has 0 saturated carbocycles. The number of benzene rings is 1. The Hall–Kier alpha value is -4.29. The van der Waals surface area contributed by atoms with Gasteiger partial charge in [-0.15, -0.1) is 6.58 Å². The molecule has 0 radical (unpaired) electrons. The first-order valence-corrected chi connectivity index (χ1v) is 14.0. The summed E-state index contributed by atoms with van der Waals surface area (Å²) < 4.78 is 0. The van der Waals surface area contributed by atoms with Crippen LogP contribution in [-0.2, 0) is 0 Å². The van der Waals surface area contributed by atoms with Crippen LogP contribution < -0.4 is 11.1 Å². The molecule has 1 aromatic rings. The molecule has 0 amide bonds. The number of aryl methyl sites for hydroxylation is 1. The van der Waals surface area contributed by atoms with E-state index < -0.39 is 0 Å². The van der Waals surface area contributed by atoms with E-state index in [1.807, 2.05) is 78.1 Å². The highest BCUT2D eigenvalue weighted by Gasteiger charge is 2.00. The van der Waals surface area contributed by atoms with Gasteiger partial charge in [0.15, 0.2) is 0 Å². The highest BCUT2D eigenvalue weighted by Crippen LogP contribution is 2.17. The van der Waals surface area contributed by atoms with Crippen LogP contribution in [0, 0.1) is 18.3 Å². The normalized spacial score (nSPS) is 13.7. The zero-order chi connectivity index (χ0) is 31.8. The van der Waals surface area contributed by atoms with E-state index in [0.717, 1.165) is 47.3 Å². The van der Waals surface area contributed by atoms with Crippen molar-refractivity contribution in [2.75, 3.05) is 0 Å². The van der Waals surface area contributed by atoms with Gasteiger partial charge < -0.3 is 11.1 Å². The van der Waals surface area contributed by atoms with Gasteiger partial charge in [0.25, 0.3) is 0 Å². The average Bonchev–Trinajstić information content (AvgIpc) is 3.45. The van der Waals surface area contributed by atoms with Crippen LogP contribution in [0.15, 0.2) is 139 Å². The molecule has 0 unspecified atom stereocenters. The van der Waals surface area contributed by atoms with Crippen molar-refractivity contribution >= 4 is 5.57 Å². The molecule has 0 atom stereocenters. The second-order valence-corrected chi connectivity index (χ2v) is 9.94. The molecule has 1 aliphatic heterocycles. The highest BCUT2D eigenvalue weighted by molar-refractivity contribution is 5.64. The van der Waals surface area contributed by atoms with Crippen LogP contribution in [-0.4, -0.2) is 0 Å². The van der Waals surface area contributed by atoms with E-state index in [1.165, 1.54) is 22.4 Å². The number of nitrogens with two attached hydrogens (primary N) is 1. The quantitative estimate of drug-likeness (QED) is 0.192. The molecular formula is C38H53N3. The summed E-state index contributed by atoms with van der Waals surface area (Å²) in [5.41, 5.74) is 16.1. The van der Waals surface area contributed by atoms with Gasteiger partial charge >= 0.3 is 0 Å². The van der Waals surface area contributed by atoms with E-state index in [9.17, 15) is 0 Å². The molecule has 0 aromatic heterocycles. The first kappa shape index (κ1) is 38.9. The van der Waals surface area contributed by atoms with E-state index in [-0.39, 0.29) is 0 Å². The molecule has 0 spiro atoms. The SMILES string of the molecule is C=C(C)/C(N)=C\C=C1/CC=CN1.C=C(C)C.C=C(C)c1ccccc1C.C=C\C(C#N)=C(C)/C(=C\C)/C=C/CCC. The predicted molar refractivity (Wildman–Crippen MR) is 185 cm³/mol. The van der Waals surface area contributed by atoms with E-state index in [2.05, 4.69) is 81.9 Å². The molecule has 2 rings (SSSR count). The smallest absolute Gasteiger partial charge is 0.0994 e. The van der Waals surface area contributed by atoms with Crippen LogP contribution in [0.5, 0.6) is 0 Å². The molecule has 0 fully saturated rings. The van der Waals surface area contributed by atoms with Gasteiger partial charge in [-0.2, -0.15) is 5.26 Å². The Kier molecular flexibility index (Phi) is 22.4. The molecule has 0 saturated heterocycles. The molecule has 1 heterocycles. The number of nitrogens with one attached hydrogen (secondary N) is 1. The summed E-state index contributed by atoms with van der Waals surface area (Å²) in [4.78, 5) is 0. The number of allylic oxidation sites excluding steroid dienone is 13. The Morgan fingerprint density at radius 2 is 1.71 bits per heavy atom. The molecule has 41 heavy (non-hydrogen) atoms. The predicted octanol–water partition coefficient (Wildman–Crippen LogP) is 10.7. The van der Waals surface area contributed by atoms with Crippen molar-refractivity contribution in [3.8, 4) is 6.07 Å². The zero-order valence-electron chi connectivity index (χ0n) is 26.9. The molecule has 220 valence electrons. The second kappa shape index (κ2) is 23.6. The second-order valence-electron chi connectivity index (χ2n) is 9.94. The third-order valence-electron chi connectivity index (χ3n) is 5.51. The minimum Gasteiger partial charge on any atom is -0.399 e. The molecular weight excluding hydrogens is 498 g/mol. The minimum absolute atomic E-state index is 0.643. The van der Waals surface area contributed by atoms with Gasteiger partial charge in [0, 0.05) is 17.8 Å². The third-order valence-corrected chi connectivity index (χ3v) is 5.51. The van der Waals surface area contributed by atoms with Crippen LogP contribution in [0.1, 0.15) is 78.9 Å². The number of hydrogen-bond donors (Lipinski definition) is 2. The van der Waals surface area contributed by atoms with Crippen molar-refractivity contribution < 1.29 is 0 Å². The Morgan fingerprint density at radius 3 is 2.10 bits per heavy atom. The average molecular weight is 552 g/mol. The molecule has 0 bridgehead atoms. The first-order valence-electron chi connectivity index (χ1n) is 14.0. The summed E-state index contributed by atoms with van der Waals surface area (Å²) >= 11 is 0. The Morgan fingerprint density at radius 1 is 1.10 bits per heavy atom. The van der Waals surface area contributed by atoms with Crippen LogP contribution in [0.2, 0.25) is 0 Å². The maximum absolute atomic E-state index is 8.88. The van der Waals surface area contributed by atoms with Gasteiger partial charge in [-0.05, 0) is 101 Å². The zero-order valence-corrected chi connectivity index (χ0v) is 26.9. The lowest BCUT2D eigenvalue weighted by Crippen LogP contribution is -1.99. The van der Waals surface area contributed by atoms with E-state index >= 15 is 0 Å². The van der Waals surface area contributed by atoms with E-state index in [4.69, 9.17) is 11.0 Å². The van der Waals surface area contributed by atoms with Gasteiger partial charge in [0.1, 0.15) is 0 Å². The summed E-state index contributed by atoms with van der Waals surface area (Å²) in [5.74, 6) is 0. The Bertz CT molecular complexity index is 1220. The maximum atomic E-state index is 8.88. The number of unbranched alkanes of at least 4 members (excludes halogenated alkanes) is 1. The van der Waals surface area contributed by atoms with Crippen LogP contribution in [0.25, 0.3) is 5.57 Å². The number of nitriles is 1. The highest BCUT2D eigenvalue weighted by atomic mass is 14.9. The molecule has 1 aliphatic rings. The standard InChI is InChI=1S/C14H19N.C10H14N2.C10H12.C4H8/c1-5-8-9-10-13(6-2)12(4)14(7-3)11-15;1-8(2)10(11)6-5-9-4-3-7-12-9;1-8(2)10-7-5-4-6-9(10)3;1-4(2)3/h6-7,9-10H,3,5,8H2,1-2,4H3;3,5-7,12H,1,4,11H2,2H3;4-7H,1H2,2-3H3;1H2,2-3H3/b10-9+,13-6-,14-12+;9-5+,10-6+;;. The minimum atomic E-state index is 0.643. The van der Waals surface area contributed by atoms with Crippen molar-refractivity contribution in [1.29, 1.82) is 5.26 Å². The van der Waals surface area contributed by atoms with Crippen molar-refractivity contribution in [2.24, 2.45) is 5.73 Å². The molecule has 3 N–H and O–H groups in total. The van der Waals surface area contributed by atoms with Gasteiger partial charge in [-0.1, -0.05) is 98.9 Å². The fraction of sp³-hybridized carbons (Fsp3) is 0.289. The van der Waals surface area contributed by atoms with Gasteiger partial charge in [-0.3, -0.25) is 0 Å². The fourth-order valence-electron chi connectivity index (χ4n) is 3.16. The molecule has 3 nitrogen and oxygen atoms in total. The van der Waals surface area contributed by atoms with Crippen LogP contribution in [0.3, 0.4) is 0 Å². The number of nitrogens with zero attached hydrogens (tertiary/aromatic N) is 1. The lowest BCUT2D eigenvalue weighted by atomic mass is 10.0. The Balaban J connectivity index is 0. The van der Waals surface area contributed by atoms with Gasteiger partial charge in [0.05, 0.1) is 11.6 Å². The molecule has 0 aliphatic carbocycles. The lowest BCUT2D eigenvalue weighted by Gasteiger charge is -2.03. The molecule has 1 aromatic carbocycles. The van der Waals surface area contributed by atoms with Crippen molar-refractivity contribution in [2.45, 2.75) is 74.7 Å². The summed E-state index contributed by atoms with van der Waals surface area (Å²) in [5, 5.41) is 12.0. The van der Waals surface area contributed by atoms with Crippen molar-refractivity contribution in [1.82, 2.24) is 5.32 Å².